The molecule has 0 saturated carbocycles. The van der Waals surface area contributed by atoms with Gasteiger partial charge < -0.3 is 24.7 Å². The van der Waals surface area contributed by atoms with Gasteiger partial charge in [0.1, 0.15) is 22.8 Å². The fourth-order valence-corrected chi connectivity index (χ4v) is 5.86. The molecule has 0 aliphatic carbocycles. The maximum Gasteiger partial charge on any atom is 0.167 e. The number of aromatic nitrogens is 2. The summed E-state index contributed by atoms with van der Waals surface area (Å²) in [5.74, 6) is 0.0681. The number of halogens is 1. The van der Waals surface area contributed by atoms with E-state index in [-0.39, 0.29) is 11.5 Å². The summed E-state index contributed by atoms with van der Waals surface area (Å²) in [6.45, 7) is 5.11. The minimum atomic E-state index is -0.452. The number of hydrogen-bond donors (Lipinski definition) is 2. The maximum atomic E-state index is 14.3. The van der Waals surface area contributed by atoms with Crippen LogP contribution >= 0.6 is 0 Å². The molecule has 8 nitrogen and oxygen atoms in total. The molecule has 0 amide bonds. The smallest absolute Gasteiger partial charge is 0.167 e. The number of pyridine rings is 2. The summed E-state index contributed by atoms with van der Waals surface area (Å²) >= 11 is 0. The molecular weight excluding hydrogens is 473 g/mol. The Balaban J connectivity index is 1.14. The van der Waals surface area contributed by atoms with Crippen molar-refractivity contribution in [1.82, 2.24) is 14.9 Å². The van der Waals surface area contributed by atoms with Gasteiger partial charge >= 0.3 is 0 Å². The van der Waals surface area contributed by atoms with Gasteiger partial charge in [0.05, 0.1) is 18.3 Å². The number of hydrogen-bond acceptors (Lipinski definition) is 8. The molecule has 2 aliphatic rings. The number of methoxy groups -OCH3 is 1. The summed E-state index contributed by atoms with van der Waals surface area (Å²) in [6, 6.07) is 10.6. The second-order valence-corrected chi connectivity index (χ2v) is 9.71. The molecule has 192 valence electrons. The van der Waals surface area contributed by atoms with Crippen LogP contribution in [0, 0.1) is 5.82 Å². The lowest BCUT2D eigenvalue weighted by Crippen LogP contribution is -2.53. The topological polar surface area (TPSA) is 85.2 Å². The van der Waals surface area contributed by atoms with Crippen molar-refractivity contribution >= 4 is 33.2 Å². The lowest BCUT2D eigenvalue weighted by molar-refractivity contribution is 0.160. The first-order chi connectivity index (χ1) is 18.0. The van der Waals surface area contributed by atoms with Crippen LogP contribution in [0.1, 0.15) is 12.8 Å². The molecule has 2 saturated heterocycles. The Bertz CT molecular complexity index is 1450. The number of fused-ring (bicyclic) bond motifs is 2. The zero-order valence-electron chi connectivity index (χ0n) is 20.8. The third kappa shape index (κ3) is 4.13. The first kappa shape index (κ1) is 23.5. The van der Waals surface area contributed by atoms with E-state index in [9.17, 15) is 14.6 Å². The minimum Gasteiger partial charge on any atom is -0.506 e. The Kier molecular flexibility index (Phi) is 6.08. The van der Waals surface area contributed by atoms with Crippen molar-refractivity contribution in [3.63, 3.8) is 0 Å². The molecule has 0 atom stereocenters. The zero-order valence-corrected chi connectivity index (χ0v) is 20.8. The van der Waals surface area contributed by atoms with Crippen LogP contribution in [0.2, 0.25) is 0 Å². The highest BCUT2D eigenvalue weighted by atomic mass is 19.1. The molecule has 0 unspecified atom stereocenters. The van der Waals surface area contributed by atoms with Gasteiger partial charge in [-0.05, 0) is 37.1 Å². The van der Waals surface area contributed by atoms with Crippen molar-refractivity contribution in [3.05, 3.63) is 54.6 Å². The van der Waals surface area contributed by atoms with Crippen molar-refractivity contribution in [2.45, 2.75) is 18.9 Å². The van der Waals surface area contributed by atoms with Crippen molar-refractivity contribution in [2.75, 3.05) is 56.2 Å². The van der Waals surface area contributed by atoms with Crippen LogP contribution in [0.3, 0.4) is 0 Å². The van der Waals surface area contributed by atoms with E-state index in [1.54, 1.807) is 31.6 Å². The largest absolute Gasteiger partial charge is 0.506 e. The van der Waals surface area contributed by atoms with E-state index in [0.717, 1.165) is 63.3 Å². The average molecular weight is 504 g/mol. The van der Waals surface area contributed by atoms with Gasteiger partial charge in [-0.2, -0.15) is 0 Å². The van der Waals surface area contributed by atoms with Gasteiger partial charge in [0.15, 0.2) is 11.5 Å². The summed E-state index contributed by atoms with van der Waals surface area (Å²) in [6.07, 6.45) is 5.31. The van der Waals surface area contributed by atoms with Crippen molar-refractivity contribution in [2.24, 2.45) is 0 Å². The molecule has 2 aromatic carbocycles. The zero-order chi connectivity index (χ0) is 25.5. The minimum absolute atomic E-state index is 0.0547. The molecule has 2 N–H and O–H groups in total. The van der Waals surface area contributed by atoms with Crippen molar-refractivity contribution in [1.29, 1.82) is 0 Å². The van der Waals surface area contributed by atoms with E-state index in [4.69, 9.17) is 4.74 Å². The summed E-state index contributed by atoms with van der Waals surface area (Å²) in [5, 5.41) is 22.2. The number of piperidine rings is 1. The van der Waals surface area contributed by atoms with Crippen molar-refractivity contribution in [3.8, 4) is 17.2 Å². The molecule has 37 heavy (non-hydrogen) atoms. The van der Waals surface area contributed by atoms with Crippen LogP contribution < -0.4 is 14.5 Å². The fourth-order valence-electron chi connectivity index (χ4n) is 5.86. The molecule has 0 bridgehead atoms. The summed E-state index contributed by atoms with van der Waals surface area (Å²) < 4.78 is 19.8. The lowest BCUT2D eigenvalue weighted by atomic mass is 10.0. The van der Waals surface area contributed by atoms with Crippen LogP contribution in [0.5, 0.6) is 17.2 Å². The van der Waals surface area contributed by atoms with E-state index >= 15 is 0 Å². The second-order valence-electron chi connectivity index (χ2n) is 9.71. The van der Waals surface area contributed by atoms with Gasteiger partial charge in [0.2, 0.25) is 0 Å². The van der Waals surface area contributed by atoms with Gasteiger partial charge in [-0.25, -0.2) is 4.39 Å². The number of ether oxygens (including phenoxy) is 1. The predicted octanol–water partition coefficient (Wildman–Crippen LogP) is 4.13. The molecule has 2 fully saturated rings. The standard InChI is InChI=1S/C28H30FN5O3/c1-37-24-17-22(25-20(28(24)36)5-3-8-30-25)33-14-12-32(13-15-33)18-6-10-34(11-7-18)27-23(35)16-21(29)19-4-2-9-31-26(19)27/h2-5,8-9,16-18,35-36H,6-7,10-15H2,1H3. The summed E-state index contributed by atoms with van der Waals surface area (Å²) in [5.41, 5.74) is 2.89. The monoisotopic (exact) mass is 503 g/mol. The van der Waals surface area contributed by atoms with E-state index in [0.29, 0.717) is 33.8 Å². The lowest BCUT2D eigenvalue weighted by Gasteiger charge is -2.44. The van der Waals surface area contributed by atoms with Crippen LogP contribution in [-0.4, -0.2) is 77.5 Å². The van der Waals surface area contributed by atoms with Gasteiger partial charge in [-0.15, -0.1) is 0 Å². The van der Waals surface area contributed by atoms with E-state index in [1.165, 1.54) is 6.07 Å². The number of phenols is 2. The highest BCUT2D eigenvalue weighted by Gasteiger charge is 2.30. The molecule has 2 aliphatic heterocycles. The van der Waals surface area contributed by atoms with Crippen LogP contribution in [-0.2, 0) is 0 Å². The number of piperazine rings is 1. The van der Waals surface area contributed by atoms with Gasteiger partial charge in [0.25, 0.3) is 0 Å². The molecule has 4 heterocycles. The maximum absolute atomic E-state index is 14.3. The number of anilines is 2. The Hall–Kier alpha value is -3.85. The van der Waals surface area contributed by atoms with Crippen LogP contribution in [0.25, 0.3) is 21.8 Å². The first-order valence-corrected chi connectivity index (χ1v) is 12.7. The molecular formula is C28H30FN5O3. The van der Waals surface area contributed by atoms with E-state index in [1.807, 2.05) is 18.2 Å². The third-order valence-corrected chi connectivity index (χ3v) is 7.77. The predicted molar refractivity (Wildman–Crippen MR) is 142 cm³/mol. The Morgan fingerprint density at radius 3 is 2.24 bits per heavy atom. The fraction of sp³-hybridized carbons (Fsp3) is 0.357. The van der Waals surface area contributed by atoms with Gasteiger partial charge in [0, 0.05) is 80.6 Å². The van der Waals surface area contributed by atoms with Crippen LogP contribution in [0.15, 0.2) is 48.8 Å². The Labute approximate surface area is 214 Å². The highest BCUT2D eigenvalue weighted by Crippen LogP contribution is 2.41. The molecule has 9 heteroatoms. The molecule has 0 spiro atoms. The summed E-state index contributed by atoms with van der Waals surface area (Å²) in [4.78, 5) is 15.9. The number of phenolic OH excluding ortho intramolecular Hbond substituents is 2. The molecule has 0 radical (unpaired) electrons. The van der Waals surface area contributed by atoms with Gasteiger partial charge in [-0.1, -0.05) is 0 Å². The molecule has 2 aromatic heterocycles. The normalized spacial score (nSPS) is 17.6. The quantitative estimate of drug-likeness (QED) is 0.430. The van der Waals surface area contributed by atoms with Crippen molar-refractivity contribution < 1.29 is 19.3 Å². The number of benzene rings is 2. The average Bonchev–Trinajstić information content (AvgIpc) is 2.94. The number of aromatic hydroxyl groups is 2. The third-order valence-electron chi connectivity index (χ3n) is 7.77. The van der Waals surface area contributed by atoms with Crippen LogP contribution in [0.4, 0.5) is 15.8 Å². The van der Waals surface area contributed by atoms with Gasteiger partial charge in [-0.3, -0.25) is 14.9 Å². The molecule has 6 rings (SSSR count). The summed E-state index contributed by atoms with van der Waals surface area (Å²) in [7, 11) is 1.57. The Morgan fingerprint density at radius 2 is 1.54 bits per heavy atom. The van der Waals surface area contributed by atoms with E-state index in [2.05, 4.69) is 24.7 Å². The number of nitrogens with zero attached hydrogens (tertiary/aromatic N) is 5. The highest BCUT2D eigenvalue weighted by molar-refractivity contribution is 5.97. The Morgan fingerprint density at radius 1 is 0.865 bits per heavy atom. The molecule has 4 aromatic rings. The SMILES string of the molecule is COc1cc(N2CCN(C3CCN(c4c(O)cc(F)c5cccnc45)CC3)CC2)c2ncccc2c1O. The number of rotatable bonds is 4. The first-order valence-electron chi connectivity index (χ1n) is 12.7. The second kappa shape index (κ2) is 9.55. The van der Waals surface area contributed by atoms with E-state index < -0.39 is 5.82 Å².